The van der Waals surface area contributed by atoms with E-state index in [0.29, 0.717) is 28.6 Å². The minimum Gasteiger partial charge on any atom is -0.343 e. The highest BCUT2D eigenvalue weighted by molar-refractivity contribution is 6.30. The van der Waals surface area contributed by atoms with E-state index in [0.717, 1.165) is 37.9 Å². The molecule has 4 rings (SSSR count). The van der Waals surface area contributed by atoms with Crippen LogP contribution < -0.4 is 10.6 Å². The average Bonchev–Trinajstić information content (AvgIpc) is 3.18. The lowest BCUT2D eigenvalue weighted by atomic mass is 10.0. The van der Waals surface area contributed by atoms with Crippen molar-refractivity contribution in [2.45, 2.75) is 38.3 Å². The summed E-state index contributed by atoms with van der Waals surface area (Å²) in [4.78, 5) is 12.8. The molecule has 8 heteroatoms. The van der Waals surface area contributed by atoms with Gasteiger partial charge in [-0.15, -0.1) is 17.5 Å². The summed E-state index contributed by atoms with van der Waals surface area (Å²) >= 11 is 6.01. The van der Waals surface area contributed by atoms with E-state index in [2.05, 4.69) is 27.9 Å². The highest BCUT2D eigenvalue weighted by Gasteiger charge is 2.41. The maximum Gasteiger partial charge on any atom is 0.273 e. The second-order valence-corrected chi connectivity index (χ2v) is 7.88. The number of hydrogen-bond donors (Lipinski definition) is 2. The third-order valence-corrected chi connectivity index (χ3v) is 5.79. The second-order valence-electron chi connectivity index (χ2n) is 7.44. The predicted molar refractivity (Wildman–Crippen MR) is 107 cm³/mol. The molecule has 1 saturated carbocycles. The third-order valence-electron chi connectivity index (χ3n) is 5.54. The summed E-state index contributed by atoms with van der Waals surface area (Å²) in [6.07, 6.45) is 4.92. The van der Waals surface area contributed by atoms with Gasteiger partial charge in [-0.3, -0.25) is 4.79 Å². The summed E-state index contributed by atoms with van der Waals surface area (Å²) in [6.45, 7) is 4.17. The van der Waals surface area contributed by atoms with Crippen LogP contribution in [0.25, 0.3) is 0 Å². The number of aromatic nitrogens is 3. The second kappa shape index (κ2) is 8.59. The molecule has 146 valence electrons. The largest absolute Gasteiger partial charge is 0.343 e. The van der Waals surface area contributed by atoms with Crippen molar-refractivity contribution in [2.75, 3.05) is 13.1 Å². The SMILES string of the molecule is CC1CC1C(NC(=O)c1cn(C2CCNCC2)nn1)c1ccc(Cl)cc1.Cl. The van der Waals surface area contributed by atoms with Crippen molar-refractivity contribution in [2.24, 2.45) is 11.8 Å². The molecule has 2 fully saturated rings. The Balaban J connectivity index is 0.00000210. The molecule has 0 bridgehead atoms. The monoisotopic (exact) mass is 409 g/mol. The molecule has 1 aromatic heterocycles. The Morgan fingerprint density at radius 2 is 1.96 bits per heavy atom. The van der Waals surface area contributed by atoms with Crippen LogP contribution in [0.15, 0.2) is 30.5 Å². The number of halogens is 2. The minimum absolute atomic E-state index is 0. The van der Waals surface area contributed by atoms with E-state index in [4.69, 9.17) is 11.6 Å². The minimum atomic E-state index is -0.163. The first kappa shape index (κ1) is 20.1. The van der Waals surface area contributed by atoms with Crippen molar-refractivity contribution in [3.05, 3.63) is 46.7 Å². The zero-order chi connectivity index (χ0) is 18.1. The van der Waals surface area contributed by atoms with Crippen LogP contribution in [0.5, 0.6) is 0 Å². The molecule has 2 heterocycles. The smallest absolute Gasteiger partial charge is 0.273 e. The lowest BCUT2D eigenvalue weighted by molar-refractivity contribution is 0.0925. The Morgan fingerprint density at radius 3 is 2.59 bits per heavy atom. The summed E-state index contributed by atoms with van der Waals surface area (Å²) in [5, 5.41) is 15.5. The Labute approximate surface area is 170 Å². The number of carbonyl (C=O) groups is 1. The molecule has 6 nitrogen and oxygen atoms in total. The first-order valence-electron chi connectivity index (χ1n) is 9.30. The van der Waals surface area contributed by atoms with Gasteiger partial charge in [0.25, 0.3) is 5.91 Å². The molecule has 1 aliphatic heterocycles. The van der Waals surface area contributed by atoms with E-state index in [1.54, 1.807) is 6.20 Å². The maximum absolute atomic E-state index is 12.8. The van der Waals surface area contributed by atoms with Crippen molar-refractivity contribution in [3.8, 4) is 0 Å². The molecule has 1 aliphatic carbocycles. The highest BCUT2D eigenvalue weighted by atomic mass is 35.5. The summed E-state index contributed by atoms with van der Waals surface area (Å²) in [5.74, 6) is 0.908. The number of piperidine rings is 1. The maximum atomic E-state index is 12.8. The van der Waals surface area contributed by atoms with Crippen LogP contribution in [0.1, 0.15) is 54.3 Å². The van der Waals surface area contributed by atoms with Crippen molar-refractivity contribution in [1.82, 2.24) is 25.6 Å². The van der Waals surface area contributed by atoms with Gasteiger partial charge < -0.3 is 10.6 Å². The standard InChI is InChI=1S/C19H24ClN5O.ClH/c1-12-10-16(12)18(13-2-4-14(20)5-3-13)22-19(26)17-11-25(24-23-17)15-6-8-21-9-7-15;/h2-5,11-12,15-16,18,21H,6-10H2,1H3,(H,22,26);1H. The zero-order valence-corrected chi connectivity index (χ0v) is 16.8. The molecule has 3 atom stereocenters. The van der Waals surface area contributed by atoms with Gasteiger partial charge in [-0.25, -0.2) is 4.68 Å². The van der Waals surface area contributed by atoms with Gasteiger partial charge in [-0.05, 0) is 61.9 Å². The van der Waals surface area contributed by atoms with E-state index in [-0.39, 0.29) is 24.4 Å². The summed E-state index contributed by atoms with van der Waals surface area (Å²) < 4.78 is 1.84. The van der Waals surface area contributed by atoms with Crippen LogP contribution in [-0.4, -0.2) is 34.0 Å². The van der Waals surface area contributed by atoms with Crippen molar-refractivity contribution in [3.63, 3.8) is 0 Å². The molecular weight excluding hydrogens is 385 g/mol. The van der Waals surface area contributed by atoms with Crippen LogP contribution >= 0.6 is 24.0 Å². The van der Waals surface area contributed by atoms with E-state index in [1.807, 2.05) is 28.9 Å². The molecule has 27 heavy (non-hydrogen) atoms. The number of hydrogen-bond acceptors (Lipinski definition) is 4. The lowest BCUT2D eigenvalue weighted by Crippen LogP contribution is -2.31. The first-order valence-corrected chi connectivity index (χ1v) is 9.68. The molecular formula is C19H25Cl2N5O. The Morgan fingerprint density at radius 1 is 1.30 bits per heavy atom. The quantitative estimate of drug-likeness (QED) is 0.793. The summed E-state index contributed by atoms with van der Waals surface area (Å²) in [7, 11) is 0. The van der Waals surface area contributed by atoms with Crippen molar-refractivity contribution >= 4 is 29.9 Å². The first-order chi connectivity index (χ1) is 12.6. The van der Waals surface area contributed by atoms with Gasteiger partial charge in [-0.2, -0.15) is 0 Å². The van der Waals surface area contributed by atoms with E-state index in [9.17, 15) is 4.79 Å². The van der Waals surface area contributed by atoms with Gasteiger partial charge in [0.05, 0.1) is 18.3 Å². The van der Waals surface area contributed by atoms with E-state index >= 15 is 0 Å². The molecule has 2 aliphatic rings. The van der Waals surface area contributed by atoms with Gasteiger partial charge in [-0.1, -0.05) is 35.9 Å². The topological polar surface area (TPSA) is 71.8 Å². The Kier molecular flexibility index (Phi) is 6.40. The van der Waals surface area contributed by atoms with Crippen molar-refractivity contribution in [1.29, 1.82) is 0 Å². The van der Waals surface area contributed by atoms with Gasteiger partial charge in [0.1, 0.15) is 0 Å². The number of nitrogens with zero attached hydrogens (tertiary/aromatic N) is 3. The molecule has 1 saturated heterocycles. The number of nitrogens with one attached hydrogen (secondary N) is 2. The lowest BCUT2D eigenvalue weighted by Gasteiger charge is -2.22. The fourth-order valence-electron chi connectivity index (χ4n) is 3.77. The number of rotatable bonds is 5. The normalized spacial score (nSPS) is 23.3. The fraction of sp³-hybridized carbons (Fsp3) is 0.526. The highest BCUT2D eigenvalue weighted by Crippen LogP contribution is 2.47. The molecule has 2 N–H and O–H groups in total. The number of carbonyl (C=O) groups excluding carboxylic acids is 1. The average molecular weight is 410 g/mol. The van der Waals surface area contributed by atoms with Crippen LogP contribution in [0, 0.1) is 11.8 Å². The van der Waals surface area contributed by atoms with Crippen LogP contribution in [-0.2, 0) is 0 Å². The Hall–Kier alpha value is -1.63. The molecule has 1 amide bonds. The number of amides is 1. The molecule has 3 unspecified atom stereocenters. The van der Waals surface area contributed by atoms with Crippen LogP contribution in [0.4, 0.5) is 0 Å². The molecule has 2 aromatic rings. The predicted octanol–water partition coefficient (Wildman–Crippen LogP) is 3.40. The van der Waals surface area contributed by atoms with Crippen LogP contribution in [0.3, 0.4) is 0 Å². The van der Waals surface area contributed by atoms with Crippen molar-refractivity contribution < 1.29 is 4.79 Å². The summed E-state index contributed by atoms with van der Waals surface area (Å²) in [5.41, 5.74) is 1.47. The Bertz CT molecular complexity index is 773. The van der Waals surface area contributed by atoms with Gasteiger partial charge in [0, 0.05) is 5.02 Å². The van der Waals surface area contributed by atoms with E-state index < -0.39 is 0 Å². The zero-order valence-electron chi connectivity index (χ0n) is 15.3. The molecule has 1 aromatic carbocycles. The van der Waals surface area contributed by atoms with Gasteiger partial charge in [0.2, 0.25) is 0 Å². The third kappa shape index (κ3) is 4.62. The number of benzene rings is 1. The van der Waals surface area contributed by atoms with E-state index in [1.165, 1.54) is 0 Å². The van der Waals surface area contributed by atoms with Gasteiger partial charge >= 0.3 is 0 Å². The summed E-state index contributed by atoms with van der Waals surface area (Å²) in [6, 6.07) is 8.03. The van der Waals surface area contributed by atoms with Gasteiger partial charge in [0.15, 0.2) is 5.69 Å². The molecule has 0 spiro atoms. The molecule has 0 radical (unpaired) electrons. The fourth-order valence-corrected chi connectivity index (χ4v) is 3.89. The van der Waals surface area contributed by atoms with Crippen LogP contribution in [0.2, 0.25) is 5.02 Å².